The molecule has 1 saturated carbocycles. The van der Waals surface area contributed by atoms with Crippen molar-refractivity contribution in [2.75, 3.05) is 6.54 Å². The van der Waals surface area contributed by atoms with Gasteiger partial charge in [-0.05, 0) is 31.2 Å². The minimum atomic E-state index is -0.127. The lowest BCUT2D eigenvalue weighted by Crippen LogP contribution is -2.47. The van der Waals surface area contributed by atoms with Gasteiger partial charge in [0.2, 0.25) is 5.91 Å². The first-order valence-corrected chi connectivity index (χ1v) is 8.25. The van der Waals surface area contributed by atoms with E-state index in [0.717, 1.165) is 19.4 Å². The van der Waals surface area contributed by atoms with Crippen LogP contribution in [0, 0.1) is 0 Å². The van der Waals surface area contributed by atoms with Gasteiger partial charge in [0, 0.05) is 12.6 Å². The van der Waals surface area contributed by atoms with E-state index in [-0.39, 0.29) is 11.9 Å². The number of amides is 1. The average molecular weight is 288 g/mol. The molecule has 0 spiro atoms. The van der Waals surface area contributed by atoms with Crippen LogP contribution in [0.1, 0.15) is 57.4 Å². The largest absolute Gasteiger partial charge is 0.352 e. The normalized spacial score (nSPS) is 19.0. The highest BCUT2D eigenvalue weighted by atomic mass is 16.2. The summed E-state index contributed by atoms with van der Waals surface area (Å²) in [6.45, 7) is 4.97. The van der Waals surface area contributed by atoms with Crippen LogP contribution in [-0.2, 0) is 4.79 Å². The summed E-state index contributed by atoms with van der Waals surface area (Å²) >= 11 is 0. The maximum absolute atomic E-state index is 12.2. The van der Waals surface area contributed by atoms with Crippen LogP contribution >= 0.6 is 0 Å². The maximum atomic E-state index is 12.2. The lowest BCUT2D eigenvalue weighted by Gasteiger charge is -2.25. The summed E-state index contributed by atoms with van der Waals surface area (Å²) < 4.78 is 0. The van der Waals surface area contributed by atoms with Gasteiger partial charge in [-0.25, -0.2) is 0 Å². The number of nitrogens with one attached hydrogen (secondary N) is 2. The molecule has 0 saturated heterocycles. The Labute approximate surface area is 128 Å². The van der Waals surface area contributed by atoms with Crippen molar-refractivity contribution < 1.29 is 4.79 Å². The molecule has 116 valence electrons. The Morgan fingerprint density at radius 2 is 1.81 bits per heavy atom. The van der Waals surface area contributed by atoms with Crippen molar-refractivity contribution in [2.24, 2.45) is 0 Å². The Hall–Kier alpha value is -1.35. The maximum Gasteiger partial charge on any atom is 0.237 e. The van der Waals surface area contributed by atoms with Gasteiger partial charge in [-0.15, -0.1) is 0 Å². The molecule has 2 unspecified atom stereocenters. The Kier molecular flexibility index (Phi) is 6.24. The third kappa shape index (κ3) is 5.16. The molecule has 2 atom stereocenters. The van der Waals surface area contributed by atoms with Crippen LogP contribution in [0.5, 0.6) is 0 Å². The number of carbonyl (C=O) groups excluding carboxylic acids is 1. The van der Waals surface area contributed by atoms with Gasteiger partial charge in [0.25, 0.3) is 0 Å². The molecule has 0 aliphatic heterocycles. The van der Waals surface area contributed by atoms with Crippen LogP contribution in [0.25, 0.3) is 0 Å². The molecule has 1 fully saturated rings. The van der Waals surface area contributed by atoms with Crippen molar-refractivity contribution in [3.05, 3.63) is 35.9 Å². The van der Waals surface area contributed by atoms with Crippen LogP contribution in [0.3, 0.4) is 0 Å². The van der Waals surface area contributed by atoms with Crippen molar-refractivity contribution in [1.29, 1.82) is 0 Å². The SMILES string of the molecule is CC(NCC(C)c1ccccc1)C(=O)NC1CCCCC1. The monoisotopic (exact) mass is 288 g/mol. The van der Waals surface area contributed by atoms with Gasteiger partial charge >= 0.3 is 0 Å². The van der Waals surface area contributed by atoms with Crippen molar-refractivity contribution in [1.82, 2.24) is 10.6 Å². The van der Waals surface area contributed by atoms with E-state index >= 15 is 0 Å². The molecule has 1 aromatic rings. The Morgan fingerprint density at radius 1 is 1.14 bits per heavy atom. The Balaban J connectivity index is 1.73. The first-order chi connectivity index (χ1) is 10.2. The summed E-state index contributed by atoms with van der Waals surface area (Å²) in [6, 6.07) is 10.7. The summed E-state index contributed by atoms with van der Waals surface area (Å²) in [7, 11) is 0. The summed E-state index contributed by atoms with van der Waals surface area (Å²) in [5.41, 5.74) is 1.31. The van der Waals surface area contributed by atoms with Gasteiger partial charge in [0.1, 0.15) is 0 Å². The fraction of sp³-hybridized carbons (Fsp3) is 0.611. The molecule has 2 rings (SSSR count). The van der Waals surface area contributed by atoms with Gasteiger partial charge in [-0.1, -0.05) is 56.5 Å². The highest BCUT2D eigenvalue weighted by Crippen LogP contribution is 2.17. The molecule has 1 amide bonds. The lowest BCUT2D eigenvalue weighted by molar-refractivity contribution is -0.123. The molecular weight excluding hydrogens is 260 g/mol. The van der Waals surface area contributed by atoms with Gasteiger partial charge in [-0.2, -0.15) is 0 Å². The lowest BCUT2D eigenvalue weighted by atomic mass is 9.95. The van der Waals surface area contributed by atoms with Crippen molar-refractivity contribution in [3.8, 4) is 0 Å². The average Bonchev–Trinajstić information content (AvgIpc) is 2.54. The second-order valence-electron chi connectivity index (χ2n) is 6.29. The Bertz CT molecular complexity index is 426. The molecule has 21 heavy (non-hydrogen) atoms. The van der Waals surface area contributed by atoms with Gasteiger partial charge < -0.3 is 10.6 Å². The van der Waals surface area contributed by atoms with E-state index in [1.165, 1.54) is 24.8 Å². The van der Waals surface area contributed by atoms with Gasteiger partial charge in [-0.3, -0.25) is 4.79 Å². The summed E-state index contributed by atoms with van der Waals surface area (Å²) in [5.74, 6) is 0.554. The second kappa shape index (κ2) is 8.18. The standard InChI is InChI=1S/C18H28N2O/c1-14(16-9-5-3-6-10-16)13-19-15(2)18(21)20-17-11-7-4-8-12-17/h3,5-6,9-10,14-15,17,19H,4,7-8,11-13H2,1-2H3,(H,20,21). The topological polar surface area (TPSA) is 41.1 Å². The zero-order chi connectivity index (χ0) is 15.1. The fourth-order valence-corrected chi connectivity index (χ4v) is 2.92. The van der Waals surface area contributed by atoms with Crippen LogP contribution in [0.15, 0.2) is 30.3 Å². The number of hydrogen-bond donors (Lipinski definition) is 2. The van der Waals surface area contributed by atoms with E-state index in [1.807, 2.05) is 13.0 Å². The zero-order valence-electron chi connectivity index (χ0n) is 13.3. The van der Waals surface area contributed by atoms with Gasteiger partial charge in [0.05, 0.1) is 6.04 Å². The van der Waals surface area contributed by atoms with Crippen LogP contribution in [-0.4, -0.2) is 24.5 Å². The van der Waals surface area contributed by atoms with Crippen LogP contribution < -0.4 is 10.6 Å². The number of benzene rings is 1. The second-order valence-corrected chi connectivity index (χ2v) is 6.29. The predicted molar refractivity (Wildman–Crippen MR) is 87.3 cm³/mol. The molecule has 0 heterocycles. The molecule has 1 aliphatic carbocycles. The summed E-state index contributed by atoms with van der Waals surface area (Å²) in [4.78, 5) is 12.2. The molecule has 0 radical (unpaired) electrons. The summed E-state index contributed by atoms with van der Waals surface area (Å²) in [6.07, 6.45) is 6.09. The minimum absolute atomic E-state index is 0.127. The smallest absolute Gasteiger partial charge is 0.237 e. The molecule has 1 aliphatic rings. The number of rotatable bonds is 6. The van der Waals surface area contributed by atoms with E-state index in [9.17, 15) is 4.79 Å². The van der Waals surface area contributed by atoms with E-state index in [4.69, 9.17) is 0 Å². The van der Waals surface area contributed by atoms with E-state index in [2.05, 4.69) is 41.8 Å². The summed E-state index contributed by atoms with van der Waals surface area (Å²) in [5, 5.41) is 6.54. The number of carbonyl (C=O) groups is 1. The Morgan fingerprint density at radius 3 is 2.48 bits per heavy atom. The van der Waals surface area contributed by atoms with Crippen molar-refractivity contribution in [3.63, 3.8) is 0 Å². The third-order valence-electron chi connectivity index (χ3n) is 4.44. The van der Waals surface area contributed by atoms with Gasteiger partial charge in [0.15, 0.2) is 0 Å². The first-order valence-electron chi connectivity index (χ1n) is 8.25. The fourth-order valence-electron chi connectivity index (χ4n) is 2.92. The molecule has 3 heteroatoms. The van der Waals surface area contributed by atoms with Crippen molar-refractivity contribution in [2.45, 2.75) is 64.0 Å². The minimum Gasteiger partial charge on any atom is -0.352 e. The van der Waals surface area contributed by atoms with E-state index in [1.54, 1.807) is 0 Å². The molecular formula is C18H28N2O. The van der Waals surface area contributed by atoms with Crippen LogP contribution in [0.4, 0.5) is 0 Å². The van der Waals surface area contributed by atoms with E-state index < -0.39 is 0 Å². The number of hydrogen-bond acceptors (Lipinski definition) is 2. The highest BCUT2D eigenvalue weighted by molar-refractivity contribution is 5.81. The molecule has 3 nitrogen and oxygen atoms in total. The molecule has 2 N–H and O–H groups in total. The first kappa shape index (κ1) is 16.0. The van der Waals surface area contributed by atoms with E-state index in [0.29, 0.717) is 12.0 Å². The molecule has 0 aromatic heterocycles. The highest BCUT2D eigenvalue weighted by Gasteiger charge is 2.19. The molecule has 1 aromatic carbocycles. The predicted octanol–water partition coefficient (Wildman–Crippen LogP) is 3.22. The van der Waals surface area contributed by atoms with Crippen LogP contribution in [0.2, 0.25) is 0 Å². The quantitative estimate of drug-likeness (QED) is 0.844. The van der Waals surface area contributed by atoms with Crippen molar-refractivity contribution >= 4 is 5.91 Å². The third-order valence-corrected chi connectivity index (χ3v) is 4.44. The molecule has 0 bridgehead atoms. The zero-order valence-corrected chi connectivity index (χ0v) is 13.3.